The van der Waals surface area contributed by atoms with Crippen LogP contribution in [0.1, 0.15) is 28.8 Å². The van der Waals surface area contributed by atoms with Crippen LogP contribution in [0.3, 0.4) is 0 Å². The van der Waals surface area contributed by atoms with E-state index >= 15 is 0 Å². The number of nitrogens with zero attached hydrogens (tertiary/aromatic N) is 1. The predicted molar refractivity (Wildman–Crippen MR) is 99.6 cm³/mol. The van der Waals surface area contributed by atoms with E-state index in [1.807, 2.05) is 6.07 Å². The molecule has 1 atom stereocenters. The molecule has 1 fully saturated rings. The smallest absolute Gasteiger partial charge is 0.253 e. The molecule has 2 N–H and O–H groups in total. The van der Waals surface area contributed by atoms with E-state index in [-0.39, 0.29) is 17.9 Å². The van der Waals surface area contributed by atoms with Gasteiger partial charge in [-0.3, -0.25) is 14.6 Å². The monoisotopic (exact) mass is 351 g/mol. The first-order valence-corrected chi connectivity index (χ1v) is 8.60. The van der Waals surface area contributed by atoms with Gasteiger partial charge in [0.2, 0.25) is 5.91 Å². The van der Waals surface area contributed by atoms with Crippen LogP contribution in [0, 0.1) is 0 Å². The van der Waals surface area contributed by atoms with E-state index < -0.39 is 0 Å². The molecule has 1 aliphatic heterocycles. The van der Waals surface area contributed by atoms with Gasteiger partial charge >= 0.3 is 0 Å². The van der Waals surface area contributed by atoms with Gasteiger partial charge in [0, 0.05) is 31.6 Å². The Kier molecular flexibility index (Phi) is 6.11. The Bertz CT molecular complexity index is 784. The minimum atomic E-state index is -0.312. The zero-order chi connectivity index (χ0) is 18.2. The molecule has 1 aromatic heterocycles. The summed E-state index contributed by atoms with van der Waals surface area (Å²) in [6, 6.07) is 10.6. The van der Waals surface area contributed by atoms with Gasteiger partial charge < -0.3 is 15.4 Å². The number of amides is 2. The van der Waals surface area contributed by atoms with Gasteiger partial charge in [-0.05, 0) is 42.7 Å². The quantitative estimate of drug-likeness (QED) is 0.784. The molecular weight excluding hydrogens is 330 g/mol. The van der Waals surface area contributed by atoms with E-state index in [4.69, 9.17) is 4.74 Å². The number of anilines is 1. The molecule has 0 saturated carbocycles. The van der Waals surface area contributed by atoms with Gasteiger partial charge in [-0.15, -0.1) is 0 Å². The Labute approximate surface area is 152 Å². The van der Waals surface area contributed by atoms with E-state index in [1.165, 1.54) is 6.08 Å². The lowest BCUT2D eigenvalue weighted by molar-refractivity contribution is -0.111. The predicted octanol–water partition coefficient (Wildman–Crippen LogP) is 2.64. The Morgan fingerprint density at radius 2 is 2.12 bits per heavy atom. The van der Waals surface area contributed by atoms with E-state index in [0.717, 1.165) is 25.0 Å². The lowest BCUT2D eigenvalue weighted by Gasteiger charge is -2.13. The van der Waals surface area contributed by atoms with Crippen LogP contribution < -0.4 is 10.6 Å². The fourth-order valence-electron chi connectivity index (χ4n) is 2.72. The minimum Gasteiger partial charge on any atom is -0.376 e. The summed E-state index contributed by atoms with van der Waals surface area (Å²) in [7, 11) is 0. The largest absolute Gasteiger partial charge is 0.376 e. The second-order valence-electron chi connectivity index (χ2n) is 6.00. The Hall–Kier alpha value is -2.99. The van der Waals surface area contributed by atoms with Crippen LogP contribution in [0.25, 0.3) is 6.08 Å². The highest BCUT2D eigenvalue weighted by atomic mass is 16.5. The van der Waals surface area contributed by atoms with Crippen molar-refractivity contribution in [2.24, 2.45) is 0 Å². The van der Waals surface area contributed by atoms with Crippen LogP contribution in [0.4, 0.5) is 5.69 Å². The van der Waals surface area contributed by atoms with Crippen LogP contribution in [-0.2, 0) is 9.53 Å². The summed E-state index contributed by atoms with van der Waals surface area (Å²) in [6.45, 7) is 1.22. The van der Waals surface area contributed by atoms with Crippen molar-refractivity contribution in [3.05, 3.63) is 66.0 Å². The molecule has 2 amide bonds. The number of ether oxygens (including phenoxy) is 1. The molecule has 1 saturated heterocycles. The van der Waals surface area contributed by atoms with Gasteiger partial charge in [0.05, 0.1) is 17.4 Å². The Balaban J connectivity index is 1.61. The van der Waals surface area contributed by atoms with Crippen LogP contribution in [0.2, 0.25) is 0 Å². The molecule has 6 heteroatoms. The number of carbonyl (C=O) groups excluding carboxylic acids is 2. The number of hydrogen-bond donors (Lipinski definition) is 2. The van der Waals surface area contributed by atoms with Crippen molar-refractivity contribution in [1.29, 1.82) is 0 Å². The van der Waals surface area contributed by atoms with Crippen molar-refractivity contribution >= 4 is 23.6 Å². The van der Waals surface area contributed by atoms with Crippen LogP contribution in [0.5, 0.6) is 0 Å². The Morgan fingerprint density at radius 1 is 1.23 bits per heavy atom. The van der Waals surface area contributed by atoms with E-state index in [0.29, 0.717) is 17.8 Å². The van der Waals surface area contributed by atoms with Crippen molar-refractivity contribution in [2.45, 2.75) is 18.9 Å². The van der Waals surface area contributed by atoms with E-state index in [9.17, 15) is 9.59 Å². The first-order valence-electron chi connectivity index (χ1n) is 8.60. The van der Waals surface area contributed by atoms with Crippen molar-refractivity contribution in [1.82, 2.24) is 10.3 Å². The first-order chi connectivity index (χ1) is 12.7. The summed E-state index contributed by atoms with van der Waals surface area (Å²) in [5, 5.41) is 5.62. The van der Waals surface area contributed by atoms with E-state index in [2.05, 4.69) is 15.6 Å². The van der Waals surface area contributed by atoms with Crippen molar-refractivity contribution < 1.29 is 14.3 Å². The standard InChI is InChI=1S/C20H21N3O3/c24-19(10-9-15-5-3-11-21-13-15)23-18-8-2-1-7-17(18)20(25)22-14-16-6-4-12-26-16/h1-3,5,7-11,13,16H,4,6,12,14H2,(H,22,25)(H,23,24)/b10-9+. The molecule has 1 aromatic carbocycles. The highest BCUT2D eigenvalue weighted by molar-refractivity contribution is 6.07. The first kappa shape index (κ1) is 17.8. The zero-order valence-corrected chi connectivity index (χ0v) is 14.4. The van der Waals surface area contributed by atoms with Crippen molar-refractivity contribution in [3.8, 4) is 0 Å². The molecule has 26 heavy (non-hydrogen) atoms. The maximum atomic E-state index is 12.4. The second-order valence-corrected chi connectivity index (χ2v) is 6.00. The number of para-hydroxylation sites is 1. The van der Waals surface area contributed by atoms with Gasteiger partial charge in [0.1, 0.15) is 0 Å². The molecule has 6 nitrogen and oxygen atoms in total. The number of carbonyl (C=O) groups is 2. The van der Waals surface area contributed by atoms with Gasteiger partial charge in [0.25, 0.3) is 5.91 Å². The lowest BCUT2D eigenvalue weighted by Crippen LogP contribution is -2.32. The summed E-state index contributed by atoms with van der Waals surface area (Å²) in [5.41, 5.74) is 1.72. The molecule has 0 aliphatic carbocycles. The minimum absolute atomic E-state index is 0.0723. The maximum Gasteiger partial charge on any atom is 0.253 e. The molecular formula is C20H21N3O3. The van der Waals surface area contributed by atoms with Crippen LogP contribution in [-0.4, -0.2) is 36.1 Å². The average molecular weight is 351 g/mol. The van der Waals surface area contributed by atoms with Gasteiger partial charge in [-0.25, -0.2) is 0 Å². The molecule has 0 spiro atoms. The summed E-state index contributed by atoms with van der Waals surface area (Å²) in [5.74, 6) is -0.541. The zero-order valence-electron chi connectivity index (χ0n) is 14.4. The third kappa shape index (κ3) is 5.00. The molecule has 2 heterocycles. The summed E-state index contributed by atoms with van der Waals surface area (Å²) in [4.78, 5) is 28.6. The van der Waals surface area contributed by atoms with Gasteiger partial charge in [0.15, 0.2) is 0 Å². The third-order valence-electron chi connectivity index (χ3n) is 4.06. The highest BCUT2D eigenvalue weighted by Crippen LogP contribution is 2.16. The van der Waals surface area contributed by atoms with Gasteiger partial charge in [-0.1, -0.05) is 18.2 Å². The van der Waals surface area contributed by atoms with Gasteiger partial charge in [-0.2, -0.15) is 0 Å². The molecule has 2 aromatic rings. The topological polar surface area (TPSA) is 80.3 Å². The average Bonchev–Trinajstić information content (AvgIpc) is 3.19. The number of benzene rings is 1. The molecule has 134 valence electrons. The number of aromatic nitrogens is 1. The molecule has 1 unspecified atom stereocenters. The number of nitrogens with one attached hydrogen (secondary N) is 2. The van der Waals surface area contributed by atoms with Crippen molar-refractivity contribution in [3.63, 3.8) is 0 Å². The molecule has 3 rings (SSSR count). The highest BCUT2D eigenvalue weighted by Gasteiger charge is 2.18. The maximum absolute atomic E-state index is 12.4. The van der Waals surface area contributed by atoms with Crippen LogP contribution in [0.15, 0.2) is 54.9 Å². The SMILES string of the molecule is O=C(/C=C/c1cccnc1)Nc1ccccc1C(=O)NCC1CCCO1. The lowest BCUT2D eigenvalue weighted by atomic mass is 10.1. The fourth-order valence-corrected chi connectivity index (χ4v) is 2.72. The molecule has 0 bridgehead atoms. The van der Waals surface area contributed by atoms with Crippen LogP contribution >= 0.6 is 0 Å². The number of pyridine rings is 1. The third-order valence-corrected chi connectivity index (χ3v) is 4.06. The summed E-state index contributed by atoms with van der Waals surface area (Å²) < 4.78 is 5.51. The number of rotatable bonds is 6. The van der Waals surface area contributed by atoms with Crippen molar-refractivity contribution in [2.75, 3.05) is 18.5 Å². The summed E-state index contributed by atoms with van der Waals surface area (Å²) in [6.07, 6.45) is 8.47. The Morgan fingerprint density at radius 3 is 2.88 bits per heavy atom. The van der Waals surface area contributed by atoms with E-state index in [1.54, 1.807) is 48.8 Å². The number of hydrogen-bond acceptors (Lipinski definition) is 4. The molecule has 0 radical (unpaired) electrons. The second kappa shape index (κ2) is 8.92. The fraction of sp³-hybridized carbons (Fsp3) is 0.250. The molecule has 1 aliphatic rings. The summed E-state index contributed by atoms with van der Waals surface area (Å²) >= 11 is 0. The normalized spacial score (nSPS) is 16.5.